The number of carbonyl (C=O) groups is 1. The number of rotatable bonds is 4. The number of hydrogen-bond acceptors (Lipinski definition) is 7. The number of pyridine rings is 1. The van der Waals surface area contributed by atoms with Gasteiger partial charge >= 0.3 is 0 Å². The van der Waals surface area contributed by atoms with E-state index in [1.165, 1.54) is 11.3 Å². The van der Waals surface area contributed by atoms with E-state index in [-0.39, 0.29) is 12.2 Å². The number of aromatic nitrogens is 3. The van der Waals surface area contributed by atoms with E-state index in [9.17, 15) is 4.79 Å². The van der Waals surface area contributed by atoms with E-state index in [0.29, 0.717) is 14.9 Å². The lowest BCUT2D eigenvalue weighted by molar-refractivity contribution is 0.0994. The first-order chi connectivity index (χ1) is 9.78. The Morgan fingerprint density at radius 3 is 2.90 bits per heavy atom. The largest absolute Gasteiger partial charge is 0.294 e. The Bertz CT molecular complexity index is 766. The number of Topliss-reactive ketones (excluding diaryl/α,β-unsaturated/α-hetero) is 1. The molecule has 7 heteroatoms. The quantitative estimate of drug-likeness (QED) is 0.589. The fourth-order valence-electron chi connectivity index (χ4n) is 1.92. The van der Waals surface area contributed by atoms with Gasteiger partial charge in [0.15, 0.2) is 10.1 Å². The van der Waals surface area contributed by atoms with E-state index < -0.39 is 0 Å². The fraction of sp³-hybridized carbons (Fsp3) is 0.0769. The maximum absolute atomic E-state index is 12.4. The van der Waals surface area contributed by atoms with Crippen LogP contribution in [0.5, 0.6) is 0 Å². The summed E-state index contributed by atoms with van der Waals surface area (Å²) in [6.07, 6.45) is 1.90. The van der Waals surface area contributed by atoms with Crippen LogP contribution in [0.4, 0.5) is 0 Å². The zero-order chi connectivity index (χ0) is 13.9. The highest BCUT2D eigenvalue weighted by molar-refractivity contribution is 7.98. The Kier molecular flexibility index (Phi) is 3.72. The van der Waals surface area contributed by atoms with Crippen LogP contribution in [0.25, 0.3) is 10.9 Å². The van der Waals surface area contributed by atoms with Gasteiger partial charge in [0.25, 0.3) is 0 Å². The van der Waals surface area contributed by atoms with Gasteiger partial charge < -0.3 is 0 Å². The van der Waals surface area contributed by atoms with E-state index >= 15 is 0 Å². The number of benzene rings is 1. The number of para-hydroxylation sites is 1. The summed E-state index contributed by atoms with van der Waals surface area (Å²) in [5, 5.41) is 14.9. The summed E-state index contributed by atoms with van der Waals surface area (Å²) in [4.78, 5) is 16.7. The predicted molar refractivity (Wildman–Crippen MR) is 79.7 cm³/mol. The molecule has 0 saturated carbocycles. The van der Waals surface area contributed by atoms with Crippen LogP contribution < -0.4 is 5.14 Å². The highest BCUT2D eigenvalue weighted by Crippen LogP contribution is 2.21. The maximum Gasteiger partial charge on any atom is 0.189 e. The molecule has 3 rings (SSSR count). The number of fused-ring (bicyclic) bond motifs is 1. The molecule has 2 heterocycles. The van der Waals surface area contributed by atoms with Crippen molar-refractivity contribution < 1.29 is 4.79 Å². The summed E-state index contributed by atoms with van der Waals surface area (Å²) in [7, 11) is 0. The summed E-state index contributed by atoms with van der Waals surface area (Å²) < 4.78 is 0.656. The average molecular weight is 302 g/mol. The molecule has 0 saturated heterocycles. The monoisotopic (exact) mass is 302 g/mol. The van der Waals surface area contributed by atoms with Crippen molar-refractivity contribution in [1.29, 1.82) is 0 Å². The molecule has 3 aromatic rings. The number of hydrogen-bond donors (Lipinski definition) is 1. The lowest BCUT2D eigenvalue weighted by Gasteiger charge is -2.03. The Labute approximate surface area is 123 Å². The van der Waals surface area contributed by atoms with Crippen molar-refractivity contribution >= 4 is 40.0 Å². The molecule has 1 aromatic carbocycles. The van der Waals surface area contributed by atoms with Crippen LogP contribution in [0.15, 0.2) is 40.9 Å². The van der Waals surface area contributed by atoms with Gasteiger partial charge in [-0.2, -0.15) is 0 Å². The molecular weight excluding hydrogens is 292 g/mol. The minimum absolute atomic E-state index is 0.0148. The van der Waals surface area contributed by atoms with Crippen LogP contribution in [0, 0.1) is 0 Å². The van der Waals surface area contributed by atoms with Gasteiger partial charge in [0.05, 0.1) is 11.9 Å². The summed E-state index contributed by atoms with van der Waals surface area (Å²) in [6.45, 7) is 0. The van der Waals surface area contributed by atoms with Crippen molar-refractivity contribution in [2.45, 2.75) is 10.8 Å². The van der Waals surface area contributed by atoms with Gasteiger partial charge in [0.2, 0.25) is 0 Å². The topological polar surface area (TPSA) is 81.8 Å². The summed E-state index contributed by atoms with van der Waals surface area (Å²) in [5.74, 6) is -0.0148. The molecule has 0 aliphatic carbocycles. The third-order valence-electron chi connectivity index (χ3n) is 2.79. The van der Waals surface area contributed by atoms with Crippen molar-refractivity contribution in [2.75, 3.05) is 0 Å². The van der Waals surface area contributed by atoms with E-state index in [2.05, 4.69) is 15.2 Å². The van der Waals surface area contributed by atoms with Crippen LogP contribution in [-0.2, 0) is 6.42 Å². The zero-order valence-corrected chi connectivity index (χ0v) is 11.9. The third-order valence-corrected chi connectivity index (χ3v) is 4.33. The normalized spacial score (nSPS) is 10.8. The molecule has 5 nitrogen and oxygen atoms in total. The molecule has 0 atom stereocenters. The predicted octanol–water partition coefficient (Wildman–Crippen LogP) is 2.48. The van der Waals surface area contributed by atoms with E-state index in [1.54, 1.807) is 12.3 Å². The Balaban J connectivity index is 1.92. The third kappa shape index (κ3) is 2.55. The van der Waals surface area contributed by atoms with Crippen molar-refractivity contribution in [3.63, 3.8) is 0 Å². The van der Waals surface area contributed by atoms with Gasteiger partial charge in [0.1, 0.15) is 5.01 Å². The van der Waals surface area contributed by atoms with Crippen LogP contribution >= 0.6 is 23.3 Å². The molecule has 0 unspecified atom stereocenters. The molecule has 100 valence electrons. The zero-order valence-electron chi connectivity index (χ0n) is 10.3. The minimum atomic E-state index is -0.0148. The molecule has 2 aromatic heterocycles. The molecule has 0 radical (unpaired) electrons. The molecular formula is C13H10N4OS2. The van der Waals surface area contributed by atoms with Crippen molar-refractivity contribution in [3.8, 4) is 0 Å². The molecule has 0 fully saturated rings. The van der Waals surface area contributed by atoms with Crippen LogP contribution in [0.2, 0.25) is 0 Å². The molecule has 20 heavy (non-hydrogen) atoms. The first kappa shape index (κ1) is 13.2. The van der Waals surface area contributed by atoms with Crippen LogP contribution in [0.3, 0.4) is 0 Å². The van der Waals surface area contributed by atoms with Gasteiger partial charge in [0, 0.05) is 17.1 Å². The van der Waals surface area contributed by atoms with E-state index in [0.717, 1.165) is 22.9 Å². The highest BCUT2D eigenvalue weighted by Gasteiger charge is 2.14. The summed E-state index contributed by atoms with van der Waals surface area (Å²) in [6, 6.07) is 9.38. The second kappa shape index (κ2) is 5.66. The lowest BCUT2D eigenvalue weighted by atomic mass is 10.0. The van der Waals surface area contributed by atoms with Gasteiger partial charge in [-0.05, 0) is 24.1 Å². The first-order valence-corrected chi connectivity index (χ1v) is 7.53. The van der Waals surface area contributed by atoms with Gasteiger partial charge in [-0.25, -0.2) is 0 Å². The second-order valence-electron chi connectivity index (χ2n) is 4.06. The average Bonchev–Trinajstić information content (AvgIpc) is 2.94. The summed E-state index contributed by atoms with van der Waals surface area (Å²) in [5.41, 5.74) is 1.33. The lowest BCUT2D eigenvalue weighted by Crippen LogP contribution is -2.04. The second-order valence-corrected chi connectivity index (χ2v) is 6.00. The molecule has 0 amide bonds. The van der Waals surface area contributed by atoms with Crippen LogP contribution in [-0.4, -0.2) is 21.0 Å². The van der Waals surface area contributed by atoms with Crippen LogP contribution in [0.1, 0.15) is 15.4 Å². The van der Waals surface area contributed by atoms with Gasteiger partial charge in [-0.3, -0.25) is 14.9 Å². The van der Waals surface area contributed by atoms with Crippen molar-refractivity contribution in [2.24, 2.45) is 5.14 Å². The van der Waals surface area contributed by atoms with Crippen molar-refractivity contribution in [1.82, 2.24) is 15.2 Å². The number of ketones is 1. The molecule has 0 bridgehead atoms. The maximum atomic E-state index is 12.4. The SMILES string of the molecule is NSc1nnc(CC(=O)c2cccc3cccnc23)s1. The molecule has 0 aliphatic heterocycles. The standard InChI is InChI=1S/C13H10N4OS2/c14-20-13-17-16-11(19-13)7-10(18)9-5-1-3-8-4-2-6-15-12(8)9/h1-6H,7,14H2. The van der Waals surface area contributed by atoms with Crippen molar-refractivity contribution in [3.05, 3.63) is 47.1 Å². The Morgan fingerprint density at radius 2 is 2.10 bits per heavy atom. The van der Waals surface area contributed by atoms with E-state index in [1.807, 2.05) is 24.3 Å². The van der Waals surface area contributed by atoms with Gasteiger partial charge in [-0.1, -0.05) is 29.5 Å². The smallest absolute Gasteiger partial charge is 0.189 e. The first-order valence-electron chi connectivity index (χ1n) is 5.84. The highest BCUT2D eigenvalue weighted by atomic mass is 32.2. The van der Waals surface area contributed by atoms with Gasteiger partial charge in [-0.15, -0.1) is 10.2 Å². The number of nitrogens with zero attached hydrogens (tertiary/aromatic N) is 3. The fourth-order valence-corrected chi connectivity index (χ4v) is 3.06. The Hall–Kier alpha value is -1.83. The number of nitrogens with two attached hydrogens (primary N) is 1. The molecule has 0 aliphatic rings. The Morgan fingerprint density at radius 1 is 1.25 bits per heavy atom. The minimum Gasteiger partial charge on any atom is -0.294 e. The molecule has 0 spiro atoms. The number of carbonyl (C=O) groups excluding carboxylic acids is 1. The summed E-state index contributed by atoms with van der Waals surface area (Å²) >= 11 is 2.37. The molecule has 2 N–H and O–H groups in total. The van der Waals surface area contributed by atoms with E-state index in [4.69, 9.17) is 5.14 Å².